The van der Waals surface area contributed by atoms with Crippen molar-refractivity contribution < 1.29 is 13.6 Å². The van der Waals surface area contributed by atoms with Crippen molar-refractivity contribution >= 4 is 5.78 Å². The minimum absolute atomic E-state index is 0. The third-order valence-electron chi connectivity index (χ3n) is 2.24. The van der Waals surface area contributed by atoms with Gasteiger partial charge in [-0.1, -0.05) is 31.7 Å². The summed E-state index contributed by atoms with van der Waals surface area (Å²) in [4.78, 5) is 11.8. The SMILES string of the molecule is C.O=C(c1ccccc1F)c1ccccc1F. The Bertz CT molecular complexity index is 488. The second-order valence-electron chi connectivity index (χ2n) is 3.29. The van der Waals surface area contributed by atoms with E-state index >= 15 is 0 Å². The molecule has 0 heterocycles. The first-order valence-electron chi connectivity index (χ1n) is 4.74. The predicted octanol–water partition coefficient (Wildman–Crippen LogP) is 3.83. The predicted molar refractivity (Wildman–Crippen MR) is 63.0 cm³/mol. The zero-order chi connectivity index (χ0) is 11.5. The second kappa shape index (κ2) is 5.34. The lowest BCUT2D eigenvalue weighted by Gasteiger charge is -2.03. The van der Waals surface area contributed by atoms with E-state index in [1.807, 2.05) is 0 Å². The van der Waals surface area contributed by atoms with Gasteiger partial charge < -0.3 is 0 Å². The van der Waals surface area contributed by atoms with Crippen LogP contribution in [0.2, 0.25) is 0 Å². The van der Waals surface area contributed by atoms with Crippen LogP contribution in [0.5, 0.6) is 0 Å². The Balaban J connectivity index is 0.00000144. The van der Waals surface area contributed by atoms with Crippen molar-refractivity contribution in [1.29, 1.82) is 0 Å². The number of hydrogen-bond donors (Lipinski definition) is 0. The summed E-state index contributed by atoms with van der Waals surface area (Å²) in [5, 5.41) is 0. The summed E-state index contributed by atoms with van der Waals surface area (Å²) in [6.07, 6.45) is 0. The van der Waals surface area contributed by atoms with E-state index in [-0.39, 0.29) is 18.6 Å². The fourth-order valence-electron chi connectivity index (χ4n) is 1.44. The zero-order valence-corrected chi connectivity index (χ0v) is 8.28. The lowest BCUT2D eigenvalue weighted by Crippen LogP contribution is -2.06. The molecule has 0 radical (unpaired) electrons. The van der Waals surface area contributed by atoms with Crippen molar-refractivity contribution in [2.45, 2.75) is 7.43 Å². The molecule has 0 atom stereocenters. The molecule has 0 aliphatic carbocycles. The molecule has 0 aliphatic heterocycles. The summed E-state index contributed by atoms with van der Waals surface area (Å²) in [6, 6.07) is 11.1. The van der Waals surface area contributed by atoms with Crippen LogP contribution in [-0.4, -0.2) is 5.78 Å². The maximum Gasteiger partial charge on any atom is 0.198 e. The molecule has 0 spiro atoms. The molecule has 0 aliphatic rings. The van der Waals surface area contributed by atoms with Gasteiger partial charge in [0.2, 0.25) is 0 Å². The Labute approximate surface area is 98.7 Å². The Hall–Kier alpha value is -2.03. The molecule has 1 nitrogen and oxygen atoms in total. The van der Waals surface area contributed by atoms with E-state index in [9.17, 15) is 13.6 Å². The molecule has 2 aromatic rings. The number of halogens is 2. The first-order valence-corrected chi connectivity index (χ1v) is 4.74. The lowest BCUT2D eigenvalue weighted by atomic mass is 10.0. The van der Waals surface area contributed by atoms with Gasteiger partial charge in [-0.2, -0.15) is 0 Å². The molecule has 3 heteroatoms. The van der Waals surface area contributed by atoms with Crippen LogP contribution in [-0.2, 0) is 0 Å². The van der Waals surface area contributed by atoms with E-state index < -0.39 is 17.4 Å². The number of benzene rings is 2. The Morgan fingerprint density at radius 3 is 1.47 bits per heavy atom. The van der Waals surface area contributed by atoms with Gasteiger partial charge in [-0.05, 0) is 24.3 Å². The molecule has 0 bridgehead atoms. The average molecular weight is 234 g/mol. The molecular formula is C14H12F2O. The van der Waals surface area contributed by atoms with E-state index in [1.54, 1.807) is 0 Å². The summed E-state index contributed by atoms with van der Waals surface area (Å²) in [6.45, 7) is 0. The van der Waals surface area contributed by atoms with Gasteiger partial charge in [-0.3, -0.25) is 4.79 Å². The normalized spacial score (nSPS) is 9.53. The summed E-state index contributed by atoms with van der Waals surface area (Å²) in [5.74, 6) is -1.93. The van der Waals surface area contributed by atoms with Crippen LogP contribution in [0.1, 0.15) is 23.3 Å². The fraction of sp³-hybridized carbons (Fsp3) is 0.0714. The largest absolute Gasteiger partial charge is 0.288 e. The second-order valence-corrected chi connectivity index (χ2v) is 3.29. The number of carbonyl (C=O) groups is 1. The van der Waals surface area contributed by atoms with Gasteiger partial charge in [0.25, 0.3) is 0 Å². The van der Waals surface area contributed by atoms with E-state index in [1.165, 1.54) is 48.5 Å². The maximum absolute atomic E-state index is 13.3. The minimum Gasteiger partial charge on any atom is -0.288 e. The number of rotatable bonds is 2. The molecule has 0 N–H and O–H groups in total. The number of ketones is 1. The Kier molecular flexibility index (Phi) is 4.10. The highest BCUT2D eigenvalue weighted by Gasteiger charge is 2.16. The van der Waals surface area contributed by atoms with Crippen LogP contribution in [0, 0.1) is 11.6 Å². The smallest absolute Gasteiger partial charge is 0.198 e. The van der Waals surface area contributed by atoms with E-state index in [0.717, 1.165) is 0 Å². The molecule has 0 saturated carbocycles. The van der Waals surface area contributed by atoms with Crippen molar-refractivity contribution in [3.63, 3.8) is 0 Å². The van der Waals surface area contributed by atoms with Crippen molar-refractivity contribution in [3.05, 3.63) is 71.3 Å². The quantitative estimate of drug-likeness (QED) is 0.722. The average Bonchev–Trinajstić information content (AvgIpc) is 2.29. The highest BCUT2D eigenvalue weighted by Crippen LogP contribution is 2.15. The van der Waals surface area contributed by atoms with E-state index in [0.29, 0.717) is 0 Å². The van der Waals surface area contributed by atoms with Crippen LogP contribution in [0.3, 0.4) is 0 Å². The molecule has 2 aromatic carbocycles. The topological polar surface area (TPSA) is 17.1 Å². The van der Waals surface area contributed by atoms with Gasteiger partial charge in [0.1, 0.15) is 11.6 Å². The van der Waals surface area contributed by atoms with Gasteiger partial charge in [0.15, 0.2) is 5.78 Å². The highest BCUT2D eigenvalue weighted by molar-refractivity contribution is 6.09. The van der Waals surface area contributed by atoms with Crippen molar-refractivity contribution in [1.82, 2.24) is 0 Å². The molecule has 0 fully saturated rings. The molecule has 2 rings (SSSR count). The Morgan fingerprint density at radius 2 is 1.12 bits per heavy atom. The molecule has 0 amide bonds. The van der Waals surface area contributed by atoms with Crippen LogP contribution >= 0.6 is 0 Å². The molecule has 0 saturated heterocycles. The number of carbonyl (C=O) groups excluding carboxylic acids is 1. The summed E-state index contributed by atoms with van der Waals surface area (Å²) in [7, 11) is 0. The maximum atomic E-state index is 13.3. The summed E-state index contributed by atoms with van der Waals surface area (Å²) in [5.41, 5.74) is -0.236. The zero-order valence-electron chi connectivity index (χ0n) is 8.28. The fourth-order valence-corrected chi connectivity index (χ4v) is 1.44. The van der Waals surface area contributed by atoms with Crippen LogP contribution in [0.15, 0.2) is 48.5 Å². The van der Waals surface area contributed by atoms with Gasteiger partial charge in [0, 0.05) is 0 Å². The minimum atomic E-state index is -0.643. The summed E-state index contributed by atoms with van der Waals surface area (Å²) >= 11 is 0. The van der Waals surface area contributed by atoms with Gasteiger partial charge in [-0.25, -0.2) is 8.78 Å². The van der Waals surface area contributed by atoms with Gasteiger partial charge in [0.05, 0.1) is 11.1 Å². The first-order chi connectivity index (χ1) is 7.70. The monoisotopic (exact) mass is 234 g/mol. The van der Waals surface area contributed by atoms with Gasteiger partial charge in [-0.15, -0.1) is 0 Å². The van der Waals surface area contributed by atoms with Crippen LogP contribution in [0.4, 0.5) is 8.78 Å². The van der Waals surface area contributed by atoms with Crippen LogP contribution < -0.4 is 0 Å². The van der Waals surface area contributed by atoms with Crippen molar-refractivity contribution in [2.24, 2.45) is 0 Å². The molecule has 17 heavy (non-hydrogen) atoms. The van der Waals surface area contributed by atoms with E-state index in [4.69, 9.17) is 0 Å². The standard InChI is InChI=1S/C13H8F2O.CH4/c14-11-7-3-1-5-9(11)13(16)10-6-2-4-8-12(10)15;/h1-8H;1H4. The van der Waals surface area contributed by atoms with Crippen LogP contribution in [0.25, 0.3) is 0 Å². The van der Waals surface area contributed by atoms with E-state index in [2.05, 4.69) is 0 Å². The van der Waals surface area contributed by atoms with Gasteiger partial charge >= 0.3 is 0 Å². The third kappa shape index (κ3) is 2.56. The molecule has 88 valence electrons. The third-order valence-corrected chi connectivity index (χ3v) is 2.24. The van der Waals surface area contributed by atoms with Crippen molar-refractivity contribution in [3.8, 4) is 0 Å². The first kappa shape index (κ1) is 13.0. The molecule has 0 unspecified atom stereocenters. The number of hydrogen-bond acceptors (Lipinski definition) is 1. The molecule has 0 aromatic heterocycles. The summed E-state index contributed by atoms with van der Waals surface area (Å²) < 4.78 is 26.6. The Morgan fingerprint density at radius 1 is 0.765 bits per heavy atom. The van der Waals surface area contributed by atoms with Crippen molar-refractivity contribution in [2.75, 3.05) is 0 Å². The highest BCUT2D eigenvalue weighted by atomic mass is 19.1. The lowest BCUT2D eigenvalue weighted by molar-refractivity contribution is 0.103. The molecular weight excluding hydrogens is 222 g/mol.